The summed E-state index contributed by atoms with van der Waals surface area (Å²) in [7, 11) is 1.88. The van der Waals surface area contributed by atoms with Crippen molar-refractivity contribution in [3.05, 3.63) is 71.4 Å². The van der Waals surface area contributed by atoms with E-state index in [0.717, 1.165) is 58.4 Å². The van der Waals surface area contributed by atoms with Crippen molar-refractivity contribution < 1.29 is 9.59 Å². The summed E-state index contributed by atoms with van der Waals surface area (Å²) in [6.45, 7) is 4.01. The van der Waals surface area contributed by atoms with Crippen LogP contribution in [0.3, 0.4) is 0 Å². The number of carbonyl (C=O) groups excluding carboxylic acids is 2. The number of H-pyrrole nitrogens is 1. The molecule has 2 aromatic heterocycles. The zero-order valence-corrected chi connectivity index (χ0v) is 21.1. The Balaban J connectivity index is 0.000000325. The lowest BCUT2D eigenvalue weighted by Gasteiger charge is -2.14. The second kappa shape index (κ2) is 11.6. The number of benzene rings is 2. The number of hydrogen-bond acceptors (Lipinski definition) is 5. The van der Waals surface area contributed by atoms with Crippen LogP contribution in [0.5, 0.6) is 0 Å². The normalized spacial score (nSPS) is 13.5. The number of aryl methyl sites for hydroxylation is 2. The summed E-state index contributed by atoms with van der Waals surface area (Å²) in [5.41, 5.74) is 6.43. The Kier molecular flexibility index (Phi) is 8.10. The SMILES string of the molecule is CNc1ccc(-c2nc3cc(NC(=O)c4ccc(C)c(C)c4)ncc3[nH]2)cc1.O=CC1CCCCC1. The van der Waals surface area contributed by atoms with Gasteiger partial charge in [0.05, 0.1) is 17.2 Å². The number of nitrogens with zero attached hydrogens (tertiary/aromatic N) is 2. The molecule has 3 N–H and O–H groups in total. The van der Waals surface area contributed by atoms with Gasteiger partial charge >= 0.3 is 0 Å². The van der Waals surface area contributed by atoms with Crippen LogP contribution in [0, 0.1) is 19.8 Å². The molecule has 0 spiro atoms. The third kappa shape index (κ3) is 6.16. The molecule has 1 aliphatic rings. The molecule has 1 aliphatic carbocycles. The maximum absolute atomic E-state index is 12.5. The van der Waals surface area contributed by atoms with E-state index in [0.29, 0.717) is 17.3 Å². The van der Waals surface area contributed by atoms with Crippen LogP contribution in [-0.2, 0) is 4.79 Å². The fourth-order valence-electron chi connectivity index (χ4n) is 4.25. The Bertz CT molecular complexity index is 1340. The molecule has 0 saturated heterocycles. The maximum Gasteiger partial charge on any atom is 0.256 e. The van der Waals surface area contributed by atoms with E-state index < -0.39 is 0 Å². The highest BCUT2D eigenvalue weighted by molar-refractivity contribution is 6.04. The highest BCUT2D eigenvalue weighted by Crippen LogP contribution is 2.23. The summed E-state index contributed by atoms with van der Waals surface area (Å²) in [5, 5.41) is 5.95. The Hall–Kier alpha value is -4.00. The van der Waals surface area contributed by atoms with Crippen LogP contribution < -0.4 is 10.6 Å². The number of nitrogens with one attached hydrogen (secondary N) is 3. The van der Waals surface area contributed by atoms with Gasteiger partial charge < -0.3 is 20.4 Å². The summed E-state index contributed by atoms with van der Waals surface area (Å²) in [6, 6.07) is 15.4. The van der Waals surface area contributed by atoms with Gasteiger partial charge in [-0.25, -0.2) is 9.97 Å². The molecule has 7 nitrogen and oxygen atoms in total. The van der Waals surface area contributed by atoms with Crippen molar-refractivity contribution in [1.29, 1.82) is 0 Å². The zero-order chi connectivity index (χ0) is 25.5. The molecule has 2 aromatic carbocycles. The molecule has 0 aliphatic heterocycles. The number of imidazole rings is 1. The van der Waals surface area contributed by atoms with Gasteiger partial charge in [-0.1, -0.05) is 25.3 Å². The molecule has 0 unspecified atom stereocenters. The second-order valence-electron chi connectivity index (χ2n) is 9.29. The van der Waals surface area contributed by atoms with Crippen LogP contribution in [0.15, 0.2) is 54.7 Å². The van der Waals surface area contributed by atoms with Gasteiger partial charge in [-0.2, -0.15) is 0 Å². The Labute approximate surface area is 211 Å². The Morgan fingerprint density at radius 2 is 1.75 bits per heavy atom. The predicted octanol–water partition coefficient (Wildman–Crippen LogP) is 6.30. The predicted molar refractivity (Wildman–Crippen MR) is 145 cm³/mol. The average Bonchev–Trinajstić information content (AvgIpc) is 3.34. The van der Waals surface area contributed by atoms with Crippen molar-refractivity contribution >= 4 is 34.7 Å². The first-order valence-corrected chi connectivity index (χ1v) is 12.4. The van der Waals surface area contributed by atoms with Gasteiger partial charge in [0.1, 0.15) is 17.9 Å². The quantitative estimate of drug-likeness (QED) is 0.289. The van der Waals surface area contributed by atoms with Crippen LogP contribution >= 0.6 is 0 Å². The molecule has 1 amide bonds. The lowest BCUT2D eigenvalue weighted by Crippen LogP contribution is -2.13. The van der Waals surface area contributed by atoms with Crippen LogP contribution in [0.2, 0.25) is 0 Å². The van der Waals surface area contributed by atoms with E-state index in [9.17, 15) is 9.59 Å². The second-order valence-corrected chi connectivity index (χ2v) is 9.29. The molecule has 1 saturated carbocycles. The number of pyridine rings is 1. The van der Waals surface area contributed by atoms with Gasteiger partial charge in [0.2, 0.25) is 0 Å². The van der Waals surface area contributed by atoms with Gasteiger partial charge in [-0.05, 0) is 74.2 Å². The maximum atomic E-state index is 12.5. The minimum atomic E-state index is -0.187. The molecule has 4 aromatic rings. The number of amides is 1. The van der Waals surface area contributed by atoms with E-state index in [1.54, 1.807) is 12.3 Å². The van der Waals surface area contributed by atoms with Gasteiger partial charge in [0, 0.05) is 35.8 Å². The summed E-state index contributed by atoms with van der Waals surface area (Å²) >= 11 is 0. The first-order valence-electron chi connectivity index (χ1n) is 12.4. The zero-order valence-electron chi connectivity index (χ0n) is 21.1. The van der Waals surface area contributed by atoms with Crippen LogP contribution in [0.1, 0.15) is 53.6 Å². The number of aldehydes is 1. The Morgan fingerprint density at radius 1 is 1.00 bits per heavy atom. The van der Waals surface area contributed by atoms with Crippen LogP contribution in [0.25, 0.3) is 22.4 Å². The largest absolute Gasteiger partial charge is 0.388 e. The molecule has 186 valence electrons. The van der Waals surface area contributed by atoms with Crippen molar-refractivity contribution in [2.45, 2.75) is 46.0 Å². The smallest absolute Gasteiger partial charge is 0.256 e. The van der Waals surface area contributed by atoms with Gasteiger partial charge in [0.15, 0.2) is 0 Å². The van der Waals surface area contributed by atoms with E-state index in [2.05, 4.69) is 25.6 Å². The minimum Gasteiger partial charge on any atom is -0.388 e. The van der Waals surface area contributed by atoms with Crippen LogP contribution in [0.4, 0.5) is 11.5 Å². The van der Waals surface area contributed by atoms with E-state index in [-0.39, 0.29) is 5.91 Å². The highest BCUT2D eigenvalue weighted by Gasteiger charge is 2.12. The van der Waals surface area contributed by atoms with E-state index in [4.69, 9.17) is 0 Å². The first kappa shape index (κ1) is 25.1. The molecule has 1 fully saturated rings. The molecule has 7 heteroatoms. The fourth-order valence-corrected chi connectivity index (χ4v) is 4.25. The van der Waals surface area contributed by atoms with Gasteiger partial charge in [-0.15, -0.1) is 0 Å². The molecule has 5 rings (SSSR count). The number of aromatic amines is 1. The topological polar surface area (TPSA) is 99.8 Å². The summed E-state index contributed by atoms with van der Waals surface area (Å²) in [4.78, 5) is 34.9. The number of fused-ring (bicyclic) bond motifs is 1. The fraction of sp³-hybridized carbons (Fsp3) is 0.310. The Morgan fingerprint density at radius 3 is 2.39 bits per heavy atom. The lowest BCUT2D eigenvalue weighted by atomic mass is 9.91. The standard InChI is InChI=1S/C22H21N5O.C7H12O/c1-13-4-5-16(10-14(13)2)22(28)27-20-11-18-19(12-24-20)26-21(25-18)15-6-8-17(23-3)9-7-15;8-6-7-4-2-1-3-5-7/h4-12,23H,1-3H3,(H,25,26)(H,24,27,28);6-7H,1-5H2. The molecule has 2 heterocycles. The molecule has 0 atom stereocenters. The van der Waals surface area contributed by atoms with Crippen LogP contribution in [-0.4, -0.2) is 34.2 Å². The van der Waals surface area contributed by atoms with Gasteiger partial charge in [0.25, 0.3) is 5.91 Å². The van der Waals surface area contributed by atoms with Crippen molar-refractivity contribution in [2.75, 3.05) is 17.7 Å². The lowest BCUT2D eigenvalue weighted by molar-refractivity contribution is -0.111. The summed E-state index contributed by atoms with van der Waals surface area (Å²) in [5.74, 6) is 1.45. The molecule has 0 bridgehead atoms. The number of hydrogen-bond donors (Lipinski definition) is 3. The first-order chi connectivity index (χ1) is 17.5. The third-order valence-electron chi connectivity index (χ3n) is 6.67. The number of aromatic nitrogens is 3. The van der Waals surface area contributed by atoms with Crippen molar-refractivity contribution in [1.82, 2.24) is 15.0 Å². The highest BCUT2D eigenvalue weighted by atomic mass is 16.1. The van der Waals surface area contributed by atoms with Crippen molar-refractivity contribution in [2.24, 2.45) is 5.92 Å². The summed E-state index contributed by atoms with van der Waals surface area (Å²) < 4.78 is 0. The van der Waals surface area contributed by atoms with E-state index in [1.807, 2.05) is 63.4 Å². The monoisotopic (exact) mass is 483 g/mol. The minimum absolute atomic E-state index is 0.187. The van der Waals surface area contributed by atoms with Crippen molar-refractivity contribution in [3.8, 4) is 11.4 Å². The van der Waals surface area contributed by atoms with Gasteiger partial charge in [-0.3, -0.25) is 4.79 Å². The molecule has 0 radical (unpaired) electrons. The molecular weight excluding hydrogens is 450 g/mol. The van der Waals surface area contributed by atoms with E-state index in [1.165, 1.54) is 19.3 Å². The number of carbonyl (C=O) groups is 2. The number of rotatable bonds is 5. The third-order valence-corrected chi connectivity index (χ3v) is 6.67. The molecule has 36 heavy (non-hydrogen) atoms. The summed E-state index contributed by atoms with van der Waals surface area (Å²) in [6.07, 6.45) is 8.95. The molecular formula is C29H33N5O2. The average molecular weight is 484 g/mol. The van der Waals surface area contributed by atoms with E-state index >= 15 is 0 Å². The number of anilines is 2. The van der Waals surface area contributed by atoms with Crippen molar-refractivity contribution in [3.63, 3.8) is 0 Å².